The summed E-state index contributed by atoms with van der Waals surface area (Å²) in [6.45, 7) is 11.9. The molecule has 2 fully saturated rings. The highest BCUT2D eigenvalue weighted by molar-refractivity contribution is 5.89. The number of hydrogen-bond donors (Lipinski definition) is 3. The fourth-order valence-corrected chi connectivity index (χ4v) is 4.27. The van der Waals surface area contributed by atoms with Crippen LogP contribution in [-0.2, 0) is 33.3 Å². The van der Waals surface area contributed by atoms with Gasteiger partial charge in [-0.15, -0.1) is 0 Å². The van der Waals surface area contributed by atoms with E-state index < -0.39 is 60.3 Å². The molecular weight excluding hydrogens is 496 g/mol. The zero-order valence-corrected chi connectivity index (χ0v) is 23.8. The van der Waals surface area contributed by atoms with Gasteiger partial charge in [-0.05, 0) is 38.5 Å². The van der Waals surface area contributed by atoms with Gasteiger partial charge in [0.2, 0.25) is 5.91 Å². The molecule has 0 bridgehead atoms. The third-order valence-electron chi connectivity index (χ3n) is 6.25. The zero-order chi connectivity index (χ0) is 28.5. The second-order valence-electron chi connectivity index (χ2n) is 11.4. The van der Waals surface area contributed by atoms with Gasteiger partial charge in [-0.2, -0.15) is 0 Å². The van der Waals surface area contributed by atoms with Crippen LogP contribution in [-0.4, -0.2) is 85.7 Å². The second kappa shape index (κ2) is 14.3. The number of methoxy groups -OCH3 is 1. The molecule has 0 aromatic heterocycles. The van der Waals surface area contributed by atoms with Crippen molar-refractivity contribution in [2.75, 3.05) is 20.3 Å². The largest absolute Gasteiger partial charge is 0.508 e. The molecule has 2 amide bonds. The first-order valence-electron chi connectivity index (χ1n) is 13.4. The summed E-state index contributed by atoms with van der Waals surface area (Å²) < 4.78 is 27.6. The lowest BCUT2D eigenvalue weighted by Gasteiger charge is -2.45. The monoisotopic (exact) mass is 542 g/mol. The fourth-order valence-electron chi connectivity index (χ4n) is 4.27. The van der Waals surface area contributed by atoms with Crippen LogP contribution in [0.1, 0.15) is 73.6 Å². The number of hydrogen-bond acceptors (Lipinski definition) is 9. The Morgan fingerprint density at radius 3 is 2.58 bits per heavy atom. The van der Waals surface area contributed by atoms with E-state index in [1.165, 1.54) is 7.11 Å². The number of aliphatic hydroxyl groups excluding tert-OH is 1. The fraction of sp³-hybridized carbons (Fsp3) is 0.815. The average Bonchev–Trinajstić information content (AvgIpc) is 2.99. The standard InChI is InChI=1S/C27H46N2O9/c1-8-9-10-15-35-25(33)36-17-11-12-18(23(31)28-16-17)29-24(32)22(34-7)21-20(30)19(13-14-26(2,3)4)37-27(5,6)38-21/h13-14,17-22,30H,8-12,15-16H2,1-7H3,(H,28,31)(H,29,32)/b14-13+/t17-,18+,19-,20+,21-,22-/m1/s1. The summed E-state index contributed by atoms with van der Waals surface area (Å²) >= 11 is 0. The van der Waals surface area contributed by atoms with Gasteiger partial charge >= 0.3 is 6.16 Å². The summed E-state index contributed by atoms with van der Waals surface area (Å²) in [4.78, 5) is 37.8. The highest BCUT2D eigenvalue weighted by Gasteiger charge is 2.48. The minimum absolute atomic E-state index is 0.112. The molecule has 3 N–H and O–H groups in total. The van der Waals surface area contributed by atoms with Gasteiger partial charge in [0.25, 0.3) is 5.91 Å². The molecule has 6 atom stereocenters. The van der Waals surface area contributed by atoms with Crippen molar-refractivity contribution in [3.8, 4) is 0 Å². The Balaban J connectivity index is 2.01. The molecule has 11 heteroatoms. The number of amides is 2. The minimum Gasteiger partial charge on any atom is -0.434 e. The van der Waals surface area contributed by atoms with Gasteiger partial charge in [0.1, 0.15) is 30.5 Å². The minimum atomic E-state index is -1.21. The number of carbonyl (C=O) groups excluding carboxylic acids is 3. The molecule has 0 spiro atoms. The van der Waals surface area contributed by atoms with Crippen LogP contribution >= 0.6 is 0 Å². The Bertz CT molecular complexity index is 824. The van der Waals surface area contributed by atoms with Gasteiger partial charge in [0.15, 0.2) is 11.9 Å². The van der Waals surface area contributed by atoms with E-state index in [1.807, 2.05) is 26.8 Å². The van der Waals surface area contributed by atoms with Crippen LogP contribution in [0.3, 0.4) is 0 Å². The summed E-state index contributed by atoms with van der Waals surface area (Å²) in [5, 5.41) is 16.4. The van der Waals surface area contributed by atoms with Gasteiger partial charge in [0.05, 0.1) is 13.2 Å². The molecule has 0 unspecified atom stereocenters. The van der Waals surface area contributed by atoms with Crippen LogP contribution in [0.15, 0.2) is 12.2 Å². The summed E-state index contributed by atoms with van der Waals surface area (Å²) in [6.07, 6.45) is 1.47. The average molecular weight is 543 g/mol. The van der Waals surface area contributed by atoms with Crippen LogP contribution in [0.25, 0.3) is 0 Å². The van der Waals surface area contributed by atoms with E-state index in [-0.39, 0.29) is 25.0 Å². The van der Waals surface area contributed by atoms with Crippen LogP contribution in [0.4, 0.5) is 4.79 Å². The number of unbranched alkanes of at least 4 members (excludes halogenated alkanes) is 2. The van der Waals surface area contributed by atoms with Crippen molar-refractivity contribution < 1.29 is 43.2 Å². The predicted octanol–water partition coefficient (Wildman–Crippen LogP) is 2.59. The molecule has 2 aliphatic heterocycles. The number of aliphatic hydroxyl groups is 1. The second-order valence-corrected chi connectivity index (χ2v) is 11.4. The van der Waals surface area contributed by atoms with Gasteiger partial charge in [-0.3, -0.25) is 9.59 Å². The van der Waals surface area contributed by atoms with Crippen molar-refractivity contribution in [2.24, 2.45) is 5.41 Å². The van der Waals surface area contributed by atoms with Crippen LogP contribution in [0, 0.1) is 5.41 Å². The molecule has 38 heavy (non-hydrogen) atoms. The van der Waals surface area contributed by atoms with E-state index in [0.29, 0.717) is 6.42 Å². The lowest BCUT2D eigenvalue weighted by molar-refractivity contribution is -0.334. The number of ether oxygens (including phenoxy) is 5. The summed E-state index contributed by atoms with van der Waals surface area (Å²) in [5.41, 5.74) is -0.140. The predicted molar refractivity (Wildman–Crippen MR) is 139 cm³/mol. The molecule has 218 valence electrons. The summed E-state index contributed by atoms with van der Waals surface area (Å²) in [5.74, 6) is -2.11. The first kappa shape index (κ1) is 32.0. The lowest BCUT2D eigenvalue weighted by Crippen LogP contribution is -2.62. The first-order chi connectivity index (χ1) is 17.8. The molecule has 0 radical (unpaired) electrons. The Morgan fingerprint density at radius 2 is 1.95 bits per heavy atom. The maximum atomic E-state index is 13.2. The van der Waals surface area contributed by atoms with Crippen molar-refractivity contribution in [1.82, 2.24) is 10.6 Å². The quantitative estimate of drug-likeness (QED) is 0.216. The van der Waals surface area contributed by atoms with E-state index in [9.17, 15) is 19.5 Å². The Labute approximate surface area is 225 Å². The maximum absolute atomic E-state index is 13.2. The normalized spacial score (nSPS) is 28.7. The Morgan fingerprint density at radius 1 is 1.24 bits per heavy atom. The molecule has 11 nitrogen and oxygen atoms in total. The summed E-state index contributed by atoms with van der Waals surface area (Å²) in [6, 6.07) is -0.879. The first-order valence-corrected chi connectivity index (χ1v) is 13.4. The summed E-state index contributed by atoms with van der Waals surface area (Å²) in [7, 11) is 1.34. The number of nitrogens with one attached hydrogen (secondary N) is 2. The molecule has 2 saturated heterocycles. The third kappa shape index (κ3) is 10.2. The van der Waals surface area contributed by atoms with E-state index in [2.05, 4.69) is 17.6 Å². The molecule has 0 saturated carbocycles. The van der Waals surface area contributed by atoms with E-state index >= 15 is 0 Å². The molecule has 0 aromatic carbocycles. The van der Waals surface area contributed by atoms with Gasteiger partial charge in [-0.1, -0.05) is 52.7 Å². The van der Waals surface area contributed by atoms with Crippen LogP contribution in [0.5, 0.6) is 0 Å². The lowest BCUT2D eigenvalue weighted by atomic mass is 9.93. The molecule has 2 heterocycles. The zero-order valence-electron chi connectivity index (χ0n) is 23.8. The highest BCUT2D eigenvalue weighted by Crippen LogP contribution is 2.31. The van der Waals surface area contributed by atoms with E-state index in [4.69, 9.17) is 23.7 Å². The van der Waals surface area contributed by atoms with Crippen molar-refractivity contribution in [2.45, 2.75) is 116 Å². The SMILES string of the molecule is CCCCCOC(=O)O[C@@H]1CC[C@H](NC(=O)[C@H](OC)[C@@H]2OC(C)(C)O[C@H](/C=C/C(C)(C)C)[C@@H]2O)C(=O)NC1. The Kier molecular flexibility index (Phi) is 12.0. The van der Waals surface area contributed by atoms with Gasteiger partial charge in [0, 0.05) is 7.11 Å². The third-order valence-corrected chi connectivity index (χ3v) is 6.25. The smallest absolute Gasteiger partial charge is 0.434 e. The van der Waals surface area contributed by atoms with Crippen LogP contribution in [0.2, 0.25) is 0 Å². The van der Waals surface area contributed by atoms with Gasteiger partial charge < -0.3 is 39.4 Å². The molecule has 2 aliphatic rings. The number of allylic oxidation sites excluding steroid dienone is 1. The van der Waals surface area contributed by atoms with Crippen molar-refractivity contribution in [3.05, 3.63) is 12.2 Å². The van der Waals surface area contributed by atoms with Crippen molar-refractivity contribution >= 4 is 18.0 Å². The highest BCUT2D eigenvalue weighted by atomic mass is 16.7. The van der Waals surface area contributed by atoms with E-state index in [1.54, 1.807) is 19.9 Å². The van der Waals surface area contributed by atoms with Gasteiger partial charge in [-0.25, -0.2) is 4.79 Å². The topological polar surface area (TPSA) is 142 Å². The molecular formula is C27H46N2O9. The van der Waals surface area contributed by atoms with Crippen LogP contribution < -0.4 is 10.6 Å². The van der Waals surface area contributed by atoms with E-state index in [0.717, 1.165) is 19.3 Å². The molecule has 2 rings (SSSR count). The molecule has 0 aromatic rings. The Hall–Kier alpha value is -2.21. The maximum Gasteiger partial charge on any atom is 0.508 e. The number of carbonyl (C=O) groups is 3. The number of rotatable bonds is 10. The molecule has 0 aliphatic carbocycles. The van der Waals surface area contributed by atoms with Crippen molar-refractivity contribution in [1.29, 1.82) is 0 Å². The van der Waals surface area contributed by atoms with Crippen molar-refractivity contribution in [3.63, 3.8) is 0 Å².